The summed E-state index contributed by atoms with van der Waals surface area (Å²) in [6.07, 6.45) is 0. The van der Waals surface area contributed by atoms with E-state index in [1.165, 1.54) is 49.6 Å². The largest absolute Gasteiger partial charge is 0.412 e. The summed E-state index contributed by atoms with van der Waals surface area (Å²) in [6.45, 7) is 0. The molecule has 0 aliphatic heterocycles. The van der Waals surface area contributed by atoms with E-state index in [0.717, 1.165) is 4.73 Å². The maximum Gasteiger partial charge on any atom is 0.294 e. The van der Waals surface area contributed by atoms with Gasteiger partial charge in [-0.05, 0) is 36.4 Å². The van der Waals surface area contributed by atoms with Crippen LogP contribution in [0.2, 0.25) is 0 Å². The minimum absolute atomic E-state index is 0.181. The van der Waals surface area contributed by atoms with Crippen molar-refractivity contribution >= 4 is 10.9 Å². The fourth-order valence-corrected chi connectivity index (χ4v) is 2.09. The van der Waals surface area contributed by atoms with E-state index in [1.54, 1.807) is 0 Å². The van der Waals surface area contributed by atoms with Crippen LogP contribution in [-0.2, 0) is 0 Å². The molecule has 21 heavy (non-hydrogen) atoms. The molecule has 0 unspecified atom stereocenters. The Morgan fingerprint density at radius 1 is 1.05 bits per heavy atom. The number of hydrogen-bond donors (Lipinski definition) is 0. The quantitative estimate of drug-likeness (QED) is 0.727. The molecule has 3 aromatic rings. The van der Waals surface area contributed by atoms with Gasteiger partial charge in [0.1, 0.15) is 18.7 Å². The summed E-state index contributed by atoms with van der Waals surface area (Å²) in [7, 11) is 1.32. The number of nitrogens with zero attached hydrogens (tertiary/aromatic N) is 2. The summed E-state index contributed by atoms with van der Waals surface area (Å²) in [6, 6.07) is 9.14. The number of fused-ring (bicyclic) bond motifs is 1. The molecule has 4 nitrogen and oxygen atoms in total. The fraction of sp³-hybridized carbons (Fsp3) is 0.0667. The first-order valence-corrected chi connectivity index (χ1v) is 6.13. The Balaban J connectivity index is 2.35. The van der Waals surface area contributed by atoms with Crippen LogP contribution in [0.1, 0.15) is 0 Å². The van der Waals surface area contributed by atoms with Gasteiger partial charge in [-0.15, -0.1) is 4.73 Å². The zero-order valence-electron chi connectivity index (χ0n) is 11.0. The first-order valence-electron chi connectivity index (χ1n) is 6.13. The topological polar surface area (TPSA) is 44.1 Å². The molecule has 0 fully saturated rings. The minimum atomic E-state index is -0.491. The standard InChI is InChI=1S/C15H10F2N2O2/c1-21-19-14(9-2-4-10(16)5-3-9)18-13-8-11(17)6-7-12(13)15(19)20/h2-8H,1H3. The summed E-state index contributed by atoms with van der Waals surface area (Å²) < 4.78 is 27.3. The lowest BCUT2D eigenvalue weighted by atomic mass is 10.2. The van der Waals surface area contributed by atoms with Crippen LogP contribution in [0.5, 0.6) is 0 Å². The van der Waals surface area contributed by atoms with Crippen molar-refractivity contribution in [1.82, 2.24) is 9.71 Å². The van der Waals surface area contributed by atoms with Gasteiger partial charge in [0.15, 0.2) is 5.82 Å². The highest BCUT2D eigenvalue weighted by molar-refractivity contribution is 5.79. The lowest BCUT2D eigenvalue weighted by molar-refractivity contribution is 0.160. The minimum Gasteiger partial charge on any atom is -0.412 e. The predicted molar refractivity (Wildman–Crippen MR) is 73.9 cm³/mol. The third kappa shape index (κ3) is 2.24. The van der Waals surface area contributed by atoms with Crippen molar-refractivity contribution in [2.45, 2.75) is 0 Å². The van der Waals surface area contributed by atoms with Crippen LogP contribution in [0, 0.1) is 11.6 Å². The third-order valence-corrected chi connectivity index (χ3v) is 3.08. The number of benzene rings is 2. The van der Waals surface area contributed by atoms with Crippen molar-refractivity contribution in [1.29, 1.82) is 0 Å². The summed E-state index contributed by atoms with van der Waals surface area (Å²) in [5.74, 6) is -0.716. The highest BCUT2D eigenvalue weighted by Gasteiger charge is 2.13. The maximum absolute atomic E-state index is 13.3. The highest BCUT2D eigenvalue weighted by Crippen LogP contribution is 2.19. The van der Waals surface area contributed by atoms with Gasteiger partial charge < -0.3 is 4.84 Å². The Hall–Kier alpha value is -2.76. The molecule has 3 rings (SSSR count). The monoisotopic (exact) mass is 288 g/mol. The van der Waals surface area contributed by atoms with Crippen LogP contribution in [-0.4, -0.2) is 16.8 Å². The molecule has 0 radical (unpaired) electrons. The van der Waals surface area contributed by atoms with Crippen LogP contribution in [0.4, 0.5) is 8.78 Å². The molecule has 0 bridgehead atoms. The second-order valence-electron chi connectivity index (χ2n) is 4.39. The first kappa shape index (κ1) is 13.2. The molecule has 2 aromatic carbocycles. The van der Waals surface area contributed by atoms with Crippen molar-refractivity contribution in [2.75, 3.05) is 7.11 Å². The number of halogens is 2. The first-order chi connectivity index (χ1) is 10.1. The Kier molecular flexibility index (Phi) is 3.13. The third-order valence-electron chi connectivity index (χ3n) is 3.08. The van der Waals surface area contributed by atoms with E-state index in [2.05, 4.69) is 4.98 Å². The Morgan fingerprint density at radius 3 is 2.38 bits per heavy atom. The maximum atomic E-state index is 13.3. The Bertz CT molecular complexity index is 873. The van der Waals surface area contributed by atoms with Gasteiger partial charge in [-0.1, -0.05) is 0 Å². The molecule has 0 N–H and O–H groups in total. The second-order valence-corrected chi connectivity index (χ2v) is 4.39. The van der Waals surface area contributed by atoms with E-state index < -0.39 is 17.2 Å². The normalized spacial score (nSPS) is 10.8. The van der Waals surface area contributed by atoms with Gasteiger partial charge >= 0.3 is 0 Å². The lowest BCUT2D eigenvalue weighted by Gasteiger charge is -2.11. The predicted octanol–water partition coefficient (Wildman–Crippen LogP) is 2.40. The van der Waals surface area contributed by atoms with Crippen LogP contribution in [0.25, 0.3) is 22.3 Å². The van der Waals surface area contributed by atoms with E-state index in [4.69, 9.17) is 4.84 Å². The summed E-state index contributed by atoms with van der Waals surface area (Å²) in [5.41, 5.74) is 0.246. The van der Waals surface area contributed by atoms with E-state index in [9.17, 15) is 13.6 Å². The van der Waals surface area contributed by atoms with Crippen molar-refractivity contribution in [3.05, 3.63) is 64.5 Å². The molecule has 0 aliphatic rings. The fourth-order valence-electron chi connectivity index (χ4n) is 2.09. The molecule has 0 spiro atoms. The highest BCUT2D eigenvalue weighted by atomic mass is 19.1. The molecular formula is C15H10F2N2O2. The lowest BCUT2D eigenvalue weighted by Crippen LogP contribution is -2.27. The van der Waals surface area contributed by atoms with Crippen LogP contribution < -0.4 is 10.4 Å². The van der Waals surface area contributed by atoms with Gasteiger partial charge in [0, 0.05) is 11.6 Å². The molecule has 6 heteroatoms. The van der Waals surface area contributed by atoms with Crippen molar-refractivity contribution < 1.29 is 13.6 Å². The second kappa shape index (κ2) is 4.97. The van der Waals surface area contributed by atoms with Crippen LogP contribution in [0.3, 0.4) is 0 Å². The smallest absolute Gasteiger partial charge is 0.294 e. The van der Waals surface area contributed by atoms with Crippen molar-refractivity contribution in [3.63, 3.8) is 0 Å². The van der Waals surface area contributed by atoms with Crippen molar-refractivity contribution in [2.24, 2.45) is 0 Å². The average Bonchev–Trinajstić information content (AvgIpc) is 2.47. The van der Waals surface area contributed by atoms with Crippen molar-refractivity contribution in [3.8, 4) is 11.4 Å². The molecule has 0 aliphatic carbocycles. The number of hydrogen-bond acceptors (Lipinski definition) is 3. The van der Waals surface area contributed by atoms with Gasteiger partial charge in [-0.3, -0.25) is 4.79 Å². The van der Waals surface area contributed by atoms with E-state index in [0.29, 0.717) is 5.56 Å². The molecule has 0 atom stereocenters. The van der Waals surface area contributed by atoms with E-state index in [1.807, 2.05) is 0 Å². The van der Waals surface area contributed by atoms with E-state index in [-0.39, 0.29) is 16.7 Å². The number of rotatable bonds is 2. The van der Waals surface area contributed by atoms with Gasteiger partial charge in [-0.2, -0.15) is 0 Å². The van der Waals surface area contributed by atoms with Crippen LogP contribution >= 0.6 is 0 Å². The molecule has 106 valence electrons. The zero-order chi connectivity index (χ0) is 15.0. The van der Waals surface area contributed by atoms with Crippen LogP contribution in [0.15, 0.2) is 47.3 Å². The SMILES string of the molecule is COn1c(-c2ccc(F)cc2)nc2cc(F)ccc2c1=O. The molecule has 1 heterocycles. The van der Waals surface area contributed by atoms with Gasteiger partial charge in [0.2, 0.25) is 0 Å². The molecule has 1 aromatic heterocycles. The Morgan fingerprint density at radius 2 is 1.71 bits per heavy atom. The average molecular weight is 288 g/mol. The van der Waals surface area contributed by atoms with Gasteiger partial charge in [0.05, 0.1) is 10.9 Å². The molecule has 0 amide bonds. The number of aromatic nitrogens is 2. The molecule has 0 saturated heterocycles. The zero-order valence-corrected chi connectivity index (χ0v) is 11.0. The van der Waals surface area contributed by atoms with Gasteiger partial charge in [-0.25, -0.2) is 13.8 Å². The Labute approximate surface area is 118 Å². The summed E-state index contributed by atoms with van der Waals surface area (Å²) in [5, 5.41) is 0.240. The van der Waals surface area contributed by atoms with E-state index >= 15 is 0 Å². The summed E-state index contributed by atoms with van der Waals surface area (Å²) >= 11 is 0. The molecular weight excluding hydrogens is 278 g/mol. The van der Waals surface area contributed by atoms with Gasteiger partial charge in [0.25, 0.3) is 5.56 Å². The summed E-state index contributed by atoms with van der Waals surface area (Å²) in [4.78, 5) is 21.6. The molecule has 0 saturated carbocycles.